The molecule has 0 saturated carbocycles. The molecule has 2 heterocycles. The van der Waals surface area contributed by atoms with E-state index in [-0.39, 0.29) is 0 Å². The molecule has 0 radical (unpaired) electrons. The van der Waals surface area contributed by atoms with Gasteiger partial charge in [-0.15, -0.1) is 22.7 Å². The van der Waals surface area contributed by atoms with Gasteiger partial charge in [0.2, 0.25) is 0 Å². The lowest BCUT2D eigenvalue weighted by Gasteiger charge is -2.09. The molecule has 0 spiro atoms. The molecule has 0 bridgehead atoms. The van der Waals surface area contributed by atoms with Gasteiger partial charge >= 0.3 is 0 Å². The van der Waals surface area contributed by atoms with E-state index in [2.05, 4.69) is 66.3 Å². The fraction of sp³-hybridized carbons (Fsp3) is 0.176. The second kappa shape index (κ2) is 5.81. The van der Waals surface area contributed by atoms with Crippen LogP contribution in [0.5, 0.6) is 0 Å². The maximum Gasteiger partial charge on any atom is 0.0494 e. The van der Waals surface area contributed by atoms with Crippen LogP contribution in [0.2, 0.25) is 0 Å². The van der Waals surface area contributed by atoms with Gasteiger partial charge in [0, 0.05) is 27.5 Å². The molecule has 1 aromatic carbocycles. The summed E-state index contributed by atoms with van der Waals surface area (Å²) in [6, 6.07) is 13.1. The molecular formula is C17H17NS2. The minimum Gasteiger partial charge on any atom is -0.380 e. The predicted octanol–water partition coefficient (Wildman–Crippen LogP) is 5.71. The summed E-state index contributed by atoms with van der Waals surface area (Å²) in [6.45, 7) is 5.17. The van der Waals surface area contributed by atoms with Crippen LogP contribution in [0.3, 0.4) is 0 Å². The van der Waals surface area contributed by atoms with Crippen molar-refractivity contribution in [3.8, 4) is 10.4 Å². The molecule has 0 unspecified atom stereocenters. The van der Waals surface area contributed by atoms with Crippen molar-refractivity contribution >= 4 is 28.4 Å². The van der Waals surface area contributed by atoms with Crippen LogP contribution in [-0.2, 0) is 6.54 Å². The molecule has 20 heavy (non-hydrogen) atoms. The Labute approximate surface area is 127 Å². The molecule has 3 aromatic rings. The molecule has 3 heteroatoms. The Hall–Kier alpha value is -1.58. The number of aryl methyl sites for hydroxylation is 2. The smallest absolute Gasteiger partial charge is 0.0494 e. The summed E-state index contributed by atoms with van der Waals surface area (Å²) in [7, 11) is 0. The summed E-state index contributed by atoms with van der Waals surface area (Å²) in [5.74, 6) is 0. The minimum atomic E-state index is 0.889. The number of nitrogens with one attached hydrogen (secondary N) is 1. The number of rotatable bonds is 4. The molecule has 0 saturated heterocycles. The van der Waals surface area contributed by atoms with Crippen LogP contribution in [0.4, 0.5) is 5.69 Å². The van der Waals surface area contributed by atoms with E-state index in [0.717, 1.165) is 6.54 Å². The van der Waals surface area contributed by atoms with E-state index < -0.39 is 0 Å². The minimum absolute atomic E-state index is 0.889. The first-order valence-corrected chi connectivity index (χ1v) is 8.41. The molecular weight excluding hydrogens is 282 g/mol. The SMILES string of the molecule is Cc1ccc(NCc2cc(-c3cccs3)cs2)c(C)c1. The van der Waals surface area contributed by atoms with Crippen molar-refractivity contribution in [1.29, 1.82) is 0 Å². The Morgan fingerprint density at radius 1 is 1.05 bits per heavy atom. The van der Waals surface area contributed by atoms with Crippen molar-refractivity contribution in [1.82, 2.24) is 0 Å². The van der Waals surface area contributed by atoms with Crippen LogP contribution in [-0.4, -0.2) is 0 Å². The van der Waals surface area contributed by atoms with Crippen molar-refractivity contribution in [3.63, 3.8) is 0 Å². The molecule has 1 N–H and O–H groups in total. The molecule has 0 fully saturated rings. The third-order valence-corrected chi connectivity index (χ3v) is 5.15. The zero-order valence-electron chi connectivity index (χ0n) is 11.6. The maximum atomic E-state index is 3.53. The van der Waals surface area contributed by atoms with Gasteiger partial charge in [0.25, 0.3) is 0 Å². The molecule has 0 atom stereocenters. The Bertz CT molecular complexity index is 696. The van der Waals surface area contributed by atoms with Crippen LogP contribution < -0.4 is 5.32 Å². The summed E-state index contributed by atoms with van der Waals surface area (Å²) in [5, 5.41) is 7.90. The van der Waals surface area contributed by atoms with Gasteiger partial charge in [-0.3, -0.25) is 0 Å². The van der Waals surface area contributed by atoms with Crippen LogP contribution in [0.1, 0.15) is 16.0 Å². The van der Waals surface area contributed by atoms with Crippen molar-refractivity contribution in [3.05, 3.63) is 63.2 Å². The highest BCUT2D eigenvalue weighted by Gasteiger charge is 2.04. The lowest BCUT2D eigenvalue weighted by Crippen LogP contribution is -1.99. The predicted molar refractivity (Wildman–Crippen MR) is 90.9 cm³/mol. The molecule has 0 aliphatic carbocycles. The molecule has 2 aromatic heterocycles. The Morgan fingerprint density at radius 2 is 1.95 bits per heavy atom. The van der Waals surface area contributed by atoms with E-state index in [1.54, 1.807) is 11.3 Å². The van der Waals surface area contributed by atoms with Gasteiger partial charge in [0.05, 0.1) is 0 Å². The number of anilines is 1. The summed E-state index contributed by atoms with van der Waals surface area (Å²) >= 11 is 3.61. The summed E-state index contributed by atoms with van der Waals surface area (Å²) in [5.41, 5.74) is 5.17. The Balaban J connectivity index is 1.70. The van der Waals surface area contributed by atoms with Crippen molar-refractivity contribution in [2.75, 3.05) is 5.32 Å². The average Bonchev–Trinajstić information content (AvgIpc) is 3.08. The number of hydrogen-bond donors (Lipinski definition) is 1. The molecule has 3 rings (SSSR count). The molecule has 0 aliphatic rings. The third kappa shape index (κ3) is 2.94. The molecule has 1 nitrogen and oxygen atoms in total. The summed E-state index contributed by atoms with van der Waals surface area (Å²) in [4.78, 5) is 2.72. The second-order valence-corrected chi connectivity index (χ2v) is 6.89. The highest BCUT2D eigenvalue weighted by atomic mass is 32.1. The number of hydrogen-bond acceptors (Lipinski definition) is 3. The highest BCUT2D eigenvalue weighted by molar-refractivity contribution is 7.14. The monoisotopic (exact) mass is 299 g/mol. The fourth-order valence-electron chi connectivity index (χ4n) is 2.24. The normalized spacial score (nSPS) is 10.7. The maximum absolute atomic E-state index is 3.53. The van der Waals surface area contributed by atoms with Crippen LogP contribution in [0.25, 0.3) is 10.4 Å². The third-order valence-electron chi connectivity index (χ3n) is 3.29. The lowest BCUT2D eigenvalue weighted by molar-refractivity contribution is 1.18. The Kier molecular flexibility index (Phi) is 3.90. The van der Waals surface area contributed by atoms with E-state index in [9.17, 15) is 0 Å². The number of benzene rings is 1. The van der Waals surface area contributed by atoms with Gasteiger partial charge in [-0.05, 0) is 48.4 Å². The first-order chi connectivity index (χ1) is 9.72. The first-order valence-electron chi connectivity index (χ1n) is 6.65. The van der Waals surface area contributed by atoms with E-state index in [1.807, 2.05) is 11.3 Å². The zero-order valence-corrected chi connectivity index (χ0v) is 13.3. The standard InChI is InChI=1S/C17H17NS2/c1-12-5-6-16(13(2)8-12)18-10-15-9-14(11-20-15)17-4-3-7-19-17/h3-9,11,18H,10H2,1-2H3. The van der Waals surface area contributed by atoms with Crippen LogP contribution in [0, 0.1) is 13.8 Å². The van der Waals surface area contributed by atoms with E-state index in [1.165, 1.54) is 32.1 Å². The quantitative estimate of drug-likeness (QED) is 0.651. The van der Waals surface area contributed by atoms with Crippen LogP contribution in [0.15, 0.2) is 47.2 Å². The summed E-state index contributed by atoms with van der Waals surface area (Å²) < 4.78 is 0. The van der Waals surface area contributed by atoms with Crippen molar-refractivity contribution in [2.24, 2.45) is 0 Å². The molecule has 0 amide bonds. The fourth-order valence-corrected chi connectivity index (χ4v) is 3.85. The average molecular weight is 299 g/mol. The summed E-state index contributed by atoms with van der Waals surface area (Å²) in [6.07, 6.45) is 0. The Morgan fingerprint density at radius 3 is 2.70 bits per heavy atom. The van der Waals surface area contributed by atoms with E-state index >= 15 is 0 Å². The van der Waals surface area contributed by atoms with Gasteiger partial charge in [-0.2, -0.15) is 0 Å². The van der Waals surface area contributed by atoms with E-state index in [4.69, 9.17) is 0 Å². The lowest BCUT2D eigenvalue weighted by atomic mass is 10.1. The van der Waals surface area contributed by atoms with Gasteiger partial charge in [0.1, 0.15) is 0 Å². The van der Waals surface area contributed by atoms with Gasteiger partial charge < -0.3 is 5.32 Å². The van der Waals surface area contributed by atoms with Gasteiger partial charge in [-0.25, -0.2) is 0 Å². The van der Waals surface area contributed by atoms with Crippen molar-refractivity contribution < 1.29 is 0 Å². The van der Waals surface area contributed by atoms with E-state index in [0.29, 0.717) is 0 Å². The molecule has 0 aliphatic heterocycles. The second-order valence-electron chi connectivity index (χ2n) is 4.95. The highest BCUT2D eigenvalue weighted by Crippen LogP contribution is 2.29. The molecule has 102 valence electrons. The van der Waals surface area contributed by atoms with Gasteiger partial charge in [-0.1, -0.05) is 23.8 Å². The zero-order chi connectivity index (χ0) is 13.9. The first kappa shape index (κ1) is 13.4. The largest absolute Gasteiger partial charge is 0.380 e. The van der Waals surface area contributed by atoms with Crippen molar-refractivity contribution in [2.45, 2.75) is 20.4 Å². The topological polar surface area (TPSA) is 12.0 Å². The number of thiophene rings is 2. The van der Waals surface area contributed by atoms with Gasteiger partial charge in [0.15, 0.2) is 0 Å². The van der Waals surface area contributed by atoms with Crippen LogP contribution >= 0.6 is 22.7 Å².